The SMILES string of the molecule is C[C@H]1CCCN(Cc2cc(C(F)(F)F)c3nn(-c4cccc(C5(C)CC(=O)NC(=O)C5)c4)c(=O)n3c2)C1. The third-order valence-corrected chi connectivity index (χ3v) is 7.30. The van der Waals surface area contributed by atoms with Gasteiger partial charge in [0, 0.05) is 37.5 Å². The van der Waals surface area contributed by atoms with Crippen molar-refractivity contribution in [3.8, 4) is 5.69 Å². The highest BCUT2D eigenvalue weighted by molar-refractivity contribution is 5.99. The first-order chi connectivity index (χ1) is 17.4. The van der Waals surface area contributed by atoms with E-state index in [1.165, 1.54) is 6.20 Å². The summed E-state index contributed by atoms with van der Waals surface area (Å²) in [5, 5.41) is 6.35. The van der Waals surface area contributed by atoms with Crippen molar-refractivity contribution >= 4 is 17.5 Å². The number of hydrogen-bond donors (Lipinski definition) is 1. The van der Waals surface area contributed by atoms with Gasteiger partial charge in [-0.05, 0) is 54.6 Å². The van der Waals surface area contributed by atoms with Crippen LogP contribution in [0.25, 0.3) is 11.3 Å². The summed E-state index contributed by atoms with van der Waals surface area (Å²) < 4.78 is 44.1. The van der Waals surface area contributed by atoms with E-state index in [2.05, 4.69) is 22.2 Å². The highest BCUT2D eigenvalue weighted by Gasteiger charge is 2.38. The van der Waals surface area contributed by atoms with E-state index in [9.17, 15) is 27.6 Å². The number of aromatic nitrogens is 3. The smallest absolute Gasteiger partial charge is 0.299 e. The molecule has 0 aliphatic carbocycles. The summed E-state index contributed by atoms with van der Waals surface area (Å²) >= 11 is 0. The quantitative estimate of drug-likeness (QED) is 0.538. The van der Waals surface area contributed by atoms with Gasteiger partial charge >= 0.3 is 11.9 Å². The van der Waals surface area contributed by atoms with Gasteiger partial charge in [0.15, 0.2) is 5.65 Å². The minimum absolute atomic E-state index is 0.0684. The van der Waals surface area contributed by atoms with Crippen LogP contribution in [0.5, 0.6) is 0 Å². The molecule has 4 heterocycles. The van der Waals surface area contributed by atoms with Gasteiger partial charge < -0.3 is 0 Å². The number of nitrogens with one attached hydrogen (secondary N) is 1. The van der Waals surface area contributed by atoms with Gasteiger partial charge in [-0.15, -0.1) is 5.10 Å². The van der Waals surface area contributed by atoms with Crippen molar-refractivity contribution in [3.05, 3.63) is 63.7 Å². The highest BCUT2D eigenvalue weighted by atomic mass is 19.4. The molecule has 0 radical (unpaired) electrons. The lowest BCUT2D eigenvalue weighted by atomic mass is 9.74. The fourth-order valence-corrected chi connectivity index (χ4v) is 5.52. The zero-order valence-electron chi connectivity index (χ0n) is 20.6. The summed E-state index contributed by atoms with van der Waals surface area (Å²) in [5.74, 6) is -0.344. The summed E-state index contributed by atoms with van der Waals surface area (Å²) in [4.78, 5) is 39.4. The maximum Gasteiger partial charge on any atom is 0.420 e. The number of halogens is 3. The van der Waals surface area contributed by atoms with Crippen molar-refractivity contribution in [2.45, 2.75) is 57.7 Å². The van der Waals surface area contributed by atoms with Gasteiger partial charge in [-0.3, -0.25) is 19.8 Å². The van der Waals surface area contributed by atoms with Crippen LogP contribution in [-0.2, 0) is 27.7 Å². The van der Waals surface area contributed by atoms with Crippen LogP contribution in [0, 0.1) is 5.92 Å². The van der Waals surface area contributed by atoms with Crippen LogP contribution in [-0.4, -0.2) is 44.0 Å². The predicted molar refractivity (Wildman–Crippen MR) is 129 cm³/mol. The van der Waals surface area contributed by atoms with Crippen molar-refractivity contribution in [2.75, 3.05) is 13.1 Å². The van der Waals surface area contributed by atoms with Crippen molar-refractivity contribution < 1.29 is 22.8 Å². The summed E-state index contributed by atoms with van der Waals surface area (Å²) in [5.41, 5.74) is -1.72. The molecule has 2 fully saturated rings. The lowest BCUT2D eigenvalue weighted by Gasteiger charge is -2.32. The van der Waals surface area contributed by atoms with Gasteiger partial charge in [-0.25, -0.2) is 9.20 Å². The second-order valence-electron chi connectivity index (χ2n) is 10.6. The molecule has 5 rings (SSSR count). The molecule has 2 amide bonds. The molecule has 1 atom stereocenters. The summed E-state index contributed by atoms with van der Waals surface area (Å²) in [6.07, 6.45) is -1.06. The van der Waals surface area contributed by atoms with E-state index < -0.39 is 40.3 Å². The molecule has 37 heavy (non-hydrogen) atoms. The van der Waals surface area contributed by atoms with Crippen LogP contribution < -0.4 is 11.0 Å². The van der Waals surface area contributed by atoms with E-state index in [-0.39, 0.29) is 18.5 Å². The van der Waals surface area contributed by atoms with Gasteiger partial charge in [0.25, 0.3) is 0 Å². The number of benzene rings is 1. The second-order valence-corrected chi connectivity index (χ2v) is 10.6. The largest absolute Gasteiger partial charge is 0.420 e. The lowest BCUT2D eigenvalue weighted by molar-refractivity contribution is -0.137. The summed E-state index contributed by atoms with van der Waals surface area (Å²) in [6, 6.07) is 7.61. The maximum absolute atomic E-state index is 14.1. The zero-order valence-corrected chi connectivity index (χ0v) is 20.6. The normalized spacial score (nSPS) is 20.8. The number of alkyl halides is 3. The molecule has 2 saturated heterocycles. The molecule has 0 saturated carbocycles. The first kappa shape index (κ1) is 25.2. The Labute approximate surface area is 211 Å². The first-order valence-electron chi connectivity index (χ1n) is 12.3. The number of carbonyl (C=O) groups is 2. The number of rotatable bonds is 4. The van der Waals surface area contributed by atoms with Crippen LogP contribution in [0.3, 0.4) is 0 Å². The van der Waals surface area contributed by atoms with E-state index in [1.807, 2.05) is 0 Å². The standard InChI is InChI=1S/C26H28F3N5O3/c1-16-5-4-8-32(13-16)14-17-9-20(26(27,28)29)23-31-34(24(37)33(23)15-17)19-7-3-6-18(10-19)25(2)11-21(35)30-22(36)12-25/h3,6-7,9-10,15-16H,4-5,8,11-14H2,1-2H3,(H,30,35,36)/t16-/m0/s1. The second kappa shape index (κ2) is 9.13. The van der Waals surface area contributed by atoms with Gasteiger partial charge in [-0.1, -0.05) is 26.0 Å². The van der Waals surface area contributed by atoms with E-state index >= 15 is 0 Å². The molecule has 1 aromatic carbocycles. The number of imide groups is 1. The molecule has 2 aromatic heterocycles. The fraction of sp³-hybridized carbons (Fsp3) is 0.462. The molecule has 1 N–H and O–H groups in total. The molecule has 8 nitrogen and oxygen atoms in total. The minimum Gasteiger partial charge on any atom is -0.299 e. The van der Waals surface area contributed by atoms with Gasteiger partial charge in [0.2, 0.25) is 11.8 Å². The number of pyridine rings is 1. The monoisotopic (exact) mass is 515 g/mol. The third kappa shape index (κ3) is 4.92. The number of amides is 2. The molecular weight excluding hydrogens is 487 g/mol. The molecule has 2 aliphatic heterocycles. The Morgan fingerprint density at radius 1 is 1.14 bits per heavy atom. The van der Waals surface area contributed by atoms with Crippen molar-refractivity contribution in [1.29, 1.82) is 0 Å². The van der Waals surface area contributed by atoms with Crippen LogP contribution >= 0.6 is 0 Å². The Morgan fingerprint density at radius 2 is 1.86 bits per heavy atom. The zero-order chi connectivity index (χ0) is 26.5. The average molecular weight is 516 g/mol. The Bertz CT molecular complexity index is 1430. The Kier molecular flexibility index (Phi) is 6.21. The number of hydrogen-bond acceptors (Lipinski definition) is 5. The number of fused-ring (bicyclic) bond motifs is 1. The first-order valence-corrected chi connectivity index (χ1v) is 12.3. The van der Waals surface area contributed by atoms with Crippen LogP contribution in [0.4, 0.5) is 13.2 Å². The Balaban J connectivity index is 1.58. The van der Waals surface area contributed by atoms with E-state index in [0.29, 0.717) is 23.6 Å². The highest BCUT2D eigenvalue weighted by Crippen LogP contribution is 2.35. The lowest BCUT2D eigenvalue weighted by Crippen LogP contribution is -2.45. The molecule has 3 aromatic rings. The van der Waals surface area contributed by atoms with Crippen LogP contribution in [0.1, 0.15) is 56.2 Å². The Hall–Kier alpha value is -3.47. The van der Waals surface area contributed by atoms with Crippen molar-refractivity contribution in [2.24, 2.45) is 5.92 Å². The van der Waals surface area contributed by atoms with E-state index in [0.717, 1.165) is 41.1 Å². The molecule has 0 unspecified atom stereocenters. The molecule has 0 spiro atoms. The van der Waals surface area contributed by atoms with Crippen LogP contribution in [0.2, 0.25) is 0 Å². The number of nitrogens with zero attached hydrogens (tertiary/aromatic N) is 4. The van der Waals surface area contributed by atoms with Gasteiger partial charge in [0.1, 0.15) is 5.56 Å². The predicted octanol–water partition coefficient (Wildman–Crippen LogP) is 3.43. The van der Waals surface area contributed by atoms with E-state index in [4.69, 9.17) is 0 Å². The number of carbonyl (C=O) groups excluding carboxylic acids is 2. The van der Waals surface area contributed by atoms with Gasteiger partial charge in [-0.2, -0.15) is 17.9 Å². The van der Waals surface area contributed by atoms with E-state index in [1.54, 1.807) is 31.2 Å². The molecule has 0 bridgehead atoms. The summed E-state index contributed by atoms with van der Waals surface area (Å²) in [7, 11) is 0. The summed E-state index contributed by atoms with van der Waals surface area (Å²) in [6.45, 7) is 5.79. The third-order valence-electron chi connectivity index (χ3n) is 7.30. The molecule has 11 heteroatoms. The number of likely N-dealkylation sites (tertiary alicyclic amines) is 1. The molecule has 2 aliphatic rings. The van der Waals surface area contributed by atoms with Crippen molar-refractivity contribution in [3.63, 3.8) is 0 Å². The number of piperidine rings is 2. The topological polar surface area (TPSA) is 88.7 Å². The minimum atomic E-state index is -4.70. The average Bonchev–Trinajstić information content (AvgIpc) is 3.13. The van der Waals surface area contributed by atoms with Gasteiger partial charge in [0.05, 0.1) is 5.69 Å². The molecule has 196 valence electrons. The maximum atomic E-state index is 14.1. The fourth-order valence-electron chi connectivity index (χ4n) is 5.52. The van der Waals surface area contributed by atoms with Crippen molar-refractivity contribution in [1.82, 2.24) is 24.4 Å². The molecular formula is C26H28F3N5O3. The Morgan fingerprint density at radius 3 is 2.54 bits per heavy atom. The van der Waals surface area contributed by atoms with Crippen LogP contribution in [0.15, 0.2) is 41.3 Å².